The first-order chi connectivity index (χ1) is 8.33. The van der Waals surface area contributed by atoms with Crippen LogP contribution in [0.1, 0.15) is 39.0 Å². The van der Waals surface area contributed by atoms with E-state index in [4.69, 9.17) is 0 Å². The van der Waals surface area contributed by atoms with Crippen molar-refractivity contribution < 1.29 is 5.11 Å². The summed E-state index contributed by atoms with van der Waals surface area (Å²) >= 11 is 0. The number of rotatable bonds is 8. The molecule has 0 heterocycles. The van der Waals surface area contributed by atoms with Gasteiger partial charge < -0.3 is 5.11 Å². The smallest absolute Gasteiger partial charge is 0.0862 e. The molecular formula is C14H22N2O. The fourth-order valence-corrected chi connectivity index (χ4v) is 1.61. The number of nitrogens with zero attached hydrogens (tertiary/aromatic N) is 2. The fourth-order valence-electron chi connectivity index (χ4n) is 1.61. The Bertz CT molecular complexity index is 311. The van der Waals surface area contributed by atoms with Crippen molar-refractivity contribution in [1.82, 2.24) is 0 Å². The van der Waals surface area contributed by atoms with Crippen LogP contribution in [0.15, 0.2) is 40.6 Å². The average molecular weight is 234 g/mol. The lowest BCUT2D eigenvalue weighted by molar-refractivity contribution is 0.167. The minimum absolute atomic E-state index is 0.348. The largest absolute Gasteiger partial charge is 0.391 e. The van der Waals surface area contributed by atoms with E-state index >= 15 is 0 Å². The van der Waals surface area contributed by atoms with Gasteiger partial charge in [-0.1, -0.05) is 50.8 Å². The maximum absolute atomic E-state index is 9.67. The SMILES string of the molecule is CCCCCCC(O)CN=Nc1ccccc1. The van der Waals surface area contributed by atoms with Gasteiger partial charge in [-0.05, 0) is 18.6 Å². The Labute approximate surface area is 104 Å². The van der Waals surface area contributed by atoms with Crippen LogP contribution in [0.25, 0.3) is 0 Å². The van der Waals surface area contributed by atoms with Crippen molar-refractivity contribution in [3.05, 3.63) is 30.3 Å². The highest BCUT2D eigenvalue weighted by molar-refractivity contribution is 5.34. The number of benzene rings is 1. The van der Waals surface area contributed by atoms with Gasteiger partial charge in [-0.15, -0.1) is 0 Å². The Morgan fingerprint density at radius 2 is 1.88 bits per heavy atom. The highest BCUT2D eigenvalue weighted by Gasteiger charge is 2.02. The lowest BCUT2D eigenvalue weighted by Gasteiger charge is -2.05. The molecule has 0 fully saturated rings. The summed E-state index contributed by atoms with van der Waals surface area (Å²) in [7, 11) is 0. The second-order valence-corrected chi connectivity index (χ2v) is 4.26. The zero-order chi connectivity index (χ0) is 12.3. The van der Waals surface area contributed by atoms with Crippen LogP contribution in [0.5, 0.6) is 0 Å². The third-order valence-corrected chi connectivity index (χ3v) is 2.63. The van der Waals surface area contributed by atoms with E-state index in [-0.39, 0.29) is 6.10 Å². The molecular weight excluding hydrogens is 212 g/mol. The molecule has 17 heavy (non-hydrogen) atoms. The predicted molar refractivity (Wildman–Crippen MR) is 70.6 cm³/mol. The molecule has 94 valence electrons. The standard InChI is InChI=1S/C14H22N2O/c1-2-3-4-8-11-14(17)12-15-16-13-9-6-5-7-10-13/h5-7,9-10,14,17H,2-4,8,11-12H2,1H3. The van der Waals surface area contributed by atoms with Crippen LogP contribution in [-0.4, -0.2) is 17.8 Å². The van der Waals surface area contributed by atoms with Crippen molar-refractivity contribution in [3.63, 3.8) is 0 Å². The van der Waals surface area contributed by atoms with E-state index in [0.29, 0.717) is 6.54 Å². The predicted octanol–water partition coefficient (Wildman–Crippen LogP) is 4.10. The van der Waals surface area contributed by atoms with E-state index in [2.05, 4.69) is 17.2 Å². The minimum atomic E-state index is -0.348. The molecule has 0 spiro atoms. The van der Waals surface area contributed by atoms with E-state index in [9.17, 15) is 5.11 Å². The molecule has 0 aromatic heterocycles. The lowest BCUT2D eigenvalue weighted by atomic mass is 10.1. The number of aliphatic hydroxyl groups excluding tert-OH is 1. The van der Waals surface area contributed by atoms with Crippen molar-refractivity contribution >= 4 is 5.69 Å². The number of aliphatic hydroxyl groups is 1. The third kappa shape index (κ3) is 6.84. The first-order valence-electron chi connectivity index (χ1n) is 6.43. The zero-order valence-electron chi connectivity index (χ0n) is 10.5. The Morgan fingerprint density at radius 1 is 1.12 bits per heavy atom. The van der Waals surface area contributed by atoms with E-state index in [0.717, 1.165) is 18.5 Å². The minimum Gasteiger partial charge on any atom is -0.391 e. The molecule has 1 atom stereocenters. The van der Waals surface area contributed by atoms with Crippen molar-refractivity contribution in [2.45, 2.75) is 45.1 Å². The van der Waals surface area contributed by atoms with Gasteiger partial charge in [-0.3, -0.25) is 0 Å². The highest BCUT2D eigenvalue weighted by atomic mass is 16.3. The number of hydrogen-bond acceptors (Lipinski definition) is 3. The Hall–Kier alpha value is -1.22. The second-order valence-electron chi connectivity index (χ2n) is 4.26. The summed E-state index contributed by atoms with van der Waals surface area (Å²) in [6, 6.07) is 9.60. The van der Waals surface area contributed by atoms with Crippen molar-refractivity contribution in [2.24, 2.45) is 10.2 Å². The fraction of sp³-hybridized carbons (Fsp3) is 0.571. The van der Waals surface area contributed by atoms with Crippen LogP contribution in [0, 0.1) is 0 Å². The van der Waals surface area contributed by atoms with Gasteiger partial charge >= 0.3 is 0 Å². The van der Waals surface area contributed by atoms with Crippen molar-refractivity contribution in [3.8, 4) is 0 Å². The van der Waals surface area contributed by atoms with Gasteiger partial charge in [0.05, 0.1) is 18.3 Å². The number of hydrogen-bond donors (Lipinski definition) is 1. The summed E-state index contributed by atoms with van der Waals surface area (Å²) in [4.78, 5) is 0. The van der Waals surface area contributed by atoms with Crippen LogP contribution in [0.3, 0.4) is 0 Å². The van der Waals surface area contributed by atoms with E-state index in [1.165, 1.54) is 19.3 Å². The van der Waals surface area contributed by atoms with E-state index < -0.39 is 0 Å². The van der Waals surface area contributed by atoms with E-state index in [1.54, 1.807) is 0 Å². The Morgan fingerprint density at radius 3 is 2.59 bits per heavy atom. The van der Waals surface area contributed by atoms with Gasteiger partial charge in [0.1, 0.15) is 0 Å². The van der Waals surface area contributed by atoms with Gasteiger partial charge in [0.15, 0.2) is 0 Å². The molecule has 1 N–H and O–H groups in total. The summed E-state index contributed by atoms with van der Waals surface area (Å²) in [6.45, 7) is 2.59. The average Bonchev–Trinajstić information content (AvgIpc) is 2.36. The summed E-state index contributed by atoms with van der Waals surface area (Å²) in [5, 5.41) is 17.7. The summed E-state index contributed by atoms with van der Waals surface area (Å²) in [5.74, 6) is 0. The molecule has 1 aromatic rings. The number of unbranched alkanes of at least 4 members (excludes halogenated alkanes) is 3. The van der Waals surface area contributed by atoms with Crippen molar-refractivity contribution in [1.29, 1.82) is 0 Å². The molecule has 0 saturated heterocycles. The zero-order valence-corrected chi connectivity index (χ0v) is 10.5. The quantitative estimate of drug-likeness (QED) is 0.534. The van der Waals surface area contributed by atoms with E-state index in [1.807, 2.05) is 30.3 Å². The first-order valence-corrected chi connectivity index (χ1v) is 6.43. The molecule has 3 heteroatoms. The normalized spacial score (nSPS) is 13.1. The highest BCUT2D eigenvalue weighted by Crippen LogP contribution is 2.11. The van der Waals surface area contributed by atoms with Crippen LogP contribution in [0.2, 0.25) is 0 Å². The molecule has 0 radical (unpaired) electrons. The molecule has 1 rings (SSSR count). The maximum Gasteiger partial charge on any atom is 0.0862 e. The van der Waals surface area contributed by atoms with Gasteiger partial charge in [-0.2, -0.15) is 10.2 Å². The molecule has 1 aromatic carbocycles. The first kappa shape index (κ1) is 13.8. The third-order valence-electron chi connectivity index (χ3n) is 2.63. The van der Waals surface area contributed by atoms with Crippen LogP contribution < -0.4 is 0 Å². The van der Waals surface area contributed by atoms with Crippen LogP contribution in [0.4, 0.5) is 5.69 Å². The number of azo groups is 1. The molecule has 0 aliphatic carbocycles. The summed E-state index contributed by atoms with van der Waals surface area (Å²) in [5.41, 5.74) is 0.839. The second kappa shape index (κ2) is 8.88. The topological polar surface area (TPSA) is 45.0 Å². The van der Waals surface area contributed by atoms with Crippen LogP contribution in [-0.2, 0) is 0 Å². The Balaban J connectivity index is 2.15. The molecule has 0 saturated carbocycles. The lowest BCUT2D eigenvalue weighted by Crippen LogP contribution is -2.09. The summed E-state index contributed by atoms with van der Waals surface area (Å²) in [6.07, 6.45) is 5.23. The van der Waals surface area contributed by atoms with Crippen LogP contribution >= 0.6 is 0 Å². The van der Waals surface area contributed by atoms with Gasteiger partial charge in [0.2, 0.25) is 0 Å². The Kier molecular flexibility index (Phi) is 7.23. The molecule has 0 aliphatic heterocycles. The monoisotopic (exact) mass is 234 g/mol. The van der Waals surface area contributed by atoms with Gasteiger partial charge in [0.25, 0.3) is 0 Å². The molecule has 0 bridgehead atoms. The molecule has 1 unspecified atom stereocenters. The maximum atomic E-state index is 9.67. The van der Waals surface area contributed by atoms with Crippen molar-refractivity contribution in [2.75, 3.05) is 6.54 Å². The molecule has 3 nitrogen and oxygen atoms in total. The molecule has 0 aliphatic rings. The van der Waals surface area contributed by atoms with Gasteiger partial charge in [-0.25, -0.2) is 0 Å². The summed E-state index contributed by atoms with van der Waals surface area (Å²) < 4.78 is 0. The van der Waals surface area contributed by atoms with Gasteiger partial charge in [0, 0.05) is 0 Å². The molecule has 0 amide bonds.